The Morgan fingerprint density at radius 2 is 2.00 bits per heavy atom. The number of β-amino-alcohol motifs (C(OH)–C–C–N with tert-alkyl or cyclic N) is 1. The highest BCUT2D eigenvalue weighted by molar-refractivity contribution is 7.98. The lowest BCUT2D eigenvalue weighted by Crippen LogP contribution is -2.39. The summed E-state index contributed by atoms with van der Waals surface area (Å²) in [4.78, 5) is 28.6. The van der Waals surface area contributed by atoms with E-state index in [9.17, 15) is 14.7 Å². The fraction of sp³-hybridized carbons (Fsp3) is 0.467. The summed E-state index contributed by atoms with van der Waals surface area (Å²) in [6.45, 7) is 2.90. The molecule has 1 N–H and O–H groups in total. The zero-order valence-electron chi connectivity index (χ0n) is 12.3. The van der Waals surface area contributed by atoms with Crippen molar-refractivity contribution in [3.8, 4) is 0 Å². The number of nitrogens with zero attached hydrogens (tertiary/aromatic N) is 2. The number of amides is 2. The molecule has 6 heteroatoms. The third-order valence-corrected chi connectivity index (χ3v) is 4.29. The summed E-state index contributed by atoms with van der Waals surface area (Å²) in [7, 11) is 0. The maximum absolute atomic E-state index is 12.5. The fourth-order valence-electron chi connectivity index (χ4n) is 2.37. The van der Waals surface area contributed by atoms with Crippen LogP contribution in [0.15, 0.2) is 29.2 Å². The third kappa shape index (κ3) is 3.77. The lowest BCUT2D eigenvalue weighted by molar-refractivity contribution is -0.131. The van der Waals surface area contributed by atoms with E-state index in [0.717, 1.165) is 4.90 Å². The number of carbonyl (C=O) groups excluding carboxylic acids is 2. The highest BCUT2D eigenvalue weighted by Crippen LogP contribution is 2.17. The van der Waals surface area contributed by atoms with Gasteiger partial charge < -0.3 is 14.9 Å². The Morgan fingerprint density at radius 1 is 1.33 bits per heavy atom. The van der Waals surface area contributed by atoms with Gasteiger partial charge in [0, 0.05) is 30.1 Å². The van der Waals surface area contributed by atoms with Crippen LogP contribution in [0.3, 0.4) is 0 Å². The molecule has 0 radical (unpaired) electrons. The van der Waals surface area contributed by atoms with Gasteiger partial charge >= 0.3 is 0 Å². The van der Waals surface area contributed by atoms with Gasteiger partial charge in [0.25, 0.3) is 5.91 Å². The first-order chi connectivity index (χ1) is 10.0. The van der Waals surface area contributed by atoms with E-state index in [4.69, 9.17) is 0 Å². The highest BCUT2D eigenvalue weighted by Gasteiger charge is 2.29. The second kappa shape index (κ2) is 6.95. The normalized spacial score (nSPS) is 19.6. The minimum Gasteiger partial charge on any atom is -0.389 e. The molecule has 2 rings (SSSR count). The van der Waals surface area contributed by atoms with E-state index < -0.39 is 6.10 Å². The van der Waals surface area contributed by atoms with Crippen LogP contribution < -0.4 is 0 Å². The van der Waals surface area contributed by atoms with Gasteiger partial charge in [-0.3, -0.25) is 9.59 Å². The average Bonchev–Trinajstić information content (AvgIpc) is 2.65. The van der Waals surface area contributed by atoms with Crippen molar-refractivity contribution in [2.45, 2.75) is 17.9 Å². The van der Waals surface area contributed by atoms with Gasteiger partial charge in [0.15, 0.2) is 0 Å². The van der Waals surface area contributed by atoms with E-state index in [1.807, 2.05) is 25.3 Å². The first-order valence-corrected chi connectivity index (χ1v) is 8.16. The van der Waals surface area contributed by atoms with Crippen LogP contribution in [-0.4, -0.2) is 65.3 Å². The van der Waals surface area contributed by atoms with E-state index in [2.05, 4.69) is 0 Å². The van der Waals surface area contributed by atoms with Gasteiger partial charge in [-0.1, -0.05) is 0 Å². The van der Waals surface area contributed by atoms with Crippen LogP contribution in [0.1, 0.15) is 17.3 Å². The number of benzene rings is 1. The molecule has 1 aliphatic rings. The number of rotatable bonds is 3. The van der Waals surface area contributed by atoms with Crippen molar-refractivity contribution in [2.75, 3.05) is 32.4 Å². The maximum Gasteiger partial charge on any atom is 0.254 e. The van der Waals surface area contributed by atoms with Gasteiger partial charge in [0.2, 0.25) is 5.91 Å². The number of aliphatic hydroxyl groups excluding tert-OH is 1. The van der Waals surface area contributed by atoms with Crippen molar-refractivity contribution in [1.82, 2.24) is 9.80 Å². The Kier molecular flexibility index (Phi) is 5.25. The largest absolute Gasteiger partial charge is 0.389 e. The van der Waals surface area contributed by atoms with E-state index in [-0.39, 0.29) is 31.4 Å². The first kappa shape index (κ1) is 15.9. The molecule has 0 saturated carbocycles. The zero-order valence-corrected chi connectivity index (χ0v) is 13.1. The molecule has 1 unspecified atom stereocenters. The Morgan fingerprint density at radius 3 is 2.57 bits per heavy atom. The van der Waals surface area contributed by atoms with E-state index in [0.29, 0.717) is 12.1 Å². The number of hydrogen-bond acceptors (Lipinski definition) is 4. The maximum atomic E-state index is 12.5. The summed E-state index contributed by atoms with van der Waals surface area (Å²) >= 11 is 1.61. The predicted molar refractivity (Wildman–Crippen MR) is 82.4 cm³/mol. The van der Waals surface area contributed by atoms with Crippen LogP contribution in [-0.2, 0) is 4.79 Å². The van der Waals surface area contributed by atoms with Crippen molar-refractivity contribution in [2.24, 2.45) is 0 Å². The molecule has 1 fully saturated rings. The quantitative estimate of drug-likeness (QED) is 0.849. The molecule has 1 aromatic carbocycles. The molecule has 114 valence electrons. The summed E-state index contributed by atoms with van der Waals surface area (Å²) in [5.41, 5.74) is 0.540. The fourth-order valence-corrected chi connectivity index (χ4v) is 2.78. The predicted octanol–water partition coefficient (Wildman–Crippen LogP) is 1.07. The second-order valence-electron chi connectivity index (χ2n) is 5.00. The van der Waals surface area contributed by atoms with Crippen molar-refractivity contribution in [3.05, 3.63) is 29.8 Å². The molecule has 5 nitrogen and oxygen atoms in total. The summed E-state index contributed by atoms with van der Waals surface area (Å²) in [6.07, 6.45) is 1.27. The summed E-state index contributed by atoms with van der Waals surface area (Å²) < 4.78 is 0. The molecule has 0 bridgehead atoms. The topological polar surface area (TPSA) is 60.9 Å². The minimum atomic E-state index is -0.703. The number of thioether (sulfide) groups is 1. The number of hydrogen-bond donors (Lipinski definition) is 1. The third-order valence-electron chi connectivity index (χ3n) is 3.55. The SMILES string of the molecule is CCN1CC(O)CN(C(=O)c2ccc(SC)cc2)CC1=O. The highest BCUT2D eigenvalue weighted by atomic mass is 32.2. The Labute approximate surface area is 128 Å². The molecule has 21 heavy (non-hydrogen) atoms. The number of aliphatic hydroxyl groups is 1. The van der Waals surface area contributed by atoms with Crippen molar-refractivity contribution in [1.29, 1.82) is 0 Å². The van der Waals surface area contributed by atoms with Crippen LogP contribution in [0.4, 0.5) is 0 Å². The van der Waals surface area contributed by atoms with E-state index in [1.165, 1.54) is 4.90 Å². The van der Waals surface area contributed by atoms with Gasteiger partial charge in [-0.2, -0.15) is 0 Å². The van der Waals surface area contributed by atoms with Crippen molar-refractivity contribution >= 4 is 23.6 Å². The Hall–Kier alpha value is -1.53. The van der Waals surface area contributed by atoms with Gasteiger partial charge in [-0.15, -0.1) is 11.8 Å². The molecule has 1 saturated heterocycles. The van der Waals surface area contributed by atoms with Crippen molar-refractivity contribution < 1.29 is 14.7 Å². The molecule has 0 aromatic heterocycles. The second-order valence-corrected chi connectivity index (χ2v) is 5.88. The lowest BCUT2D eigenvalue weighted by atomic mass is 10.2. The van der Waals surface area contributed by atoms with Crippen LogP contribution in [0.5, 0.6) is 0 Å². The lowest BCUT2D eigenvalue weighted by Gasteiger charge is -2.21. The summed E-state index contributed by atoms with van der Waals surface area (Å²) in [5, 5.41) is 9.97. The van der Waals surface area contributed by atoms with Crippen LogP contribution in [0.2, 0.25) is 0 Å². The zero-order chi connectivity index (χ0) is 15.4. The average molecular weight is 308 g/mol. The monoisotopic (exact) mass is 308 g/mol. The molecule has 2 amide bonds. The van der Waals surface area contributed by atoms with Crippen LogP contribution in [0, 0.1) is 0 Å². The Balaban J connectivity index is 2.15. The van der Waals surface area contributed by atoms with Gasteiger partial charge in [-0.05, 0) is 37.4 Å². The standard InChI is InChI=1S/C15H20N2O3S/c1-3-16-8-12(18)9-17(10-14(16)19)15(20)11-4-6-13(21-2)7-5-11/h4-7,12,18H,3,8-10H2,1-2H3. The minimum absolute atomic E-state index is 0.0218. The van der Waals surface area contributed by atoms with Crippen molar-refractivity contribution in [3.63, 3.8) is 0 Å². The molecule has 0 spiro atoms. The van der Waals surface area contributed by atoms with Gasteiger partial charge in [0.05, 0.1) is 6.10 Å². The molecular formula is C15H20N2O3S. The molecule has 1 heterocycles. The number of carbonyl (C=O) groups is 2. The smallest absolute Gasteiger partial charge is 0.254 e. The molecule has 0 aliphatic carbocycles. The molecule has 1 aliphatic heterocycles. The van der Waals surface area contributed by atoms with E-state index in [1.54, 1.807) is 28.8 Å². The molecule has 1 aromatic rings. The number of likely N-dealkylation sites (N-methyl/N-ethyl adjacent to an activating group) is 1. The summed E-state index contributed by atoms with van der Waals surface area (Å²) in [5.74, 6) is -0.337. The van der Waals surface area contributed by atoms with E-state index >= 15 is 0 Å². The Bertz CT molecular complexity index is 518. The van der Waals surface area contributed by atoms with Crippen LogP contribution in [0.25, 0.3) is 0 Å². The molecular weight excluding hydrogens is 288 g/mol. The first-order valence-electron chi connectivity index (χ1n) is 6.94. The molecule has 1 atom stereocenters. The summed E-state index contributed by atoms with van der Waals surface area (Å²) in [6, 6.07) is 7.28. The van der Waals surface area contributed by atoms with Crippen LogP contribution >= 0.6 is 11.8 Å². The van der Waals surface area contributed by atoms with Gasteiger partial charge in [-0.25, -0.2) is 0 Å². The van der Waals surface area contributed by atoms with Gasteiger partial charge in [0.1, 0.15) is 6.54 Å².